The summed E-state index contributed by atoms with van der Waals surface area (Å²) in [6.45, 7) is 5.03. The van der Waals surface area contributed by atoms with E-state index < -0.39 is 0 Å². The lowest BCUT2D eigenvalue weighted by atomic mass is 10.3. The summed E-state index contributed by atoms with van der Waals surface area (Å²) in [5.41, 5.74) is 0.450. The van der Waals surface area contributed by atoms with E-state index in [1.807, 2.05) is 6.92 Å². The topological polar surface area (TPSA) is 51.2 Å². The standard InChI is InChI=1S/C12H18N2O2S/c1-3-16-11(15)10-8(2)17-12(14-10)13-7-6-9-4-5-9/h9H,3-7H2,1-2H3,(H,13,14). The molecular formula is C12H18N2O2S. The quantitative estimate of drug-likeness (QED) is 0.793. The molecular weight excluding hydrogens is 236 g/mol. The van der Waals surface area contributed by atoms with Crippen LogP contribution in [0.2, 0.25) is 0 Å². The van der Waals surface area contributed by atoms with E-state index in [2.05, 4.69) is 10.3 Å². The average Bonchev–Trinajstić information content (AvgIpc) is 3.02. The number of aromatic nitrogens is 1. The molecule has 1 heterocycles. The number of carbonyl (C=O) groups excluding carboxylic acids is 1. The highest BCUT2D eigenvalue weighted by Crippen LogP contribution is 2.32. The Morgan fingerprint density at radius 2 is 2.35 bits per heavy atom. The van der Waals surface area contributed by atoms with Crippen LogP contribution < -0.4 is 5.32 Å². The molecule has 1 aliphatic rings. The molecule has 0 radical (unpaired) electrons. The van der Waals surface area contributed by atoms with Gasteiger partial charge in [-0.3, -0.25) is 0 Å². The third-order valence-corrected chi connectivity index (χ3v) is 3.72. The van der Waals surface area contributed by atoms with Gasteiger partial charge in [-0.2, -0.15) is 0 Å². The number of nitrogens with one attached hydrogen (secondary N) is 1. The minimum Gasteiger partial charge on any atom is -0.461 e. The lowest BCUT2D eigenvalue weighted by Crippen LogP contribution is -2.07. The minimum atomic E-state index is -0.323. The largest absolute Gasteiger partial charge is 0.461 e. The molecule has 0 amide bonds. The van der Waals surface area contributed by atoms with Gasteiger partial charge in [0.1, 0.15) is 0 Å². The summed E-state index contributed by atoms with van der Waals surface area (Å²) in [6.07, 6.45) is 3.94. The van der Waals surface area contributed by atoms with Crippen LogP contribution in [0.3, 0.4) is 0 Å². The molecule has 1 aromatic heterocycles. The monoisotopic (exact) mass is 254 g/mol. The van der Waals surface area contributed by atoms with Crippen LogP contribution in [-0.4, -0.2) is 24.1 Å². The normalized spacial score (nSPS) is 14.7. The second kappa shape index (κ2) is 5.49. The number of thiazole rings is 1. The number of ether oxygens (including phenoxy) is 1. The number of anilines is 1. The number of carbonyl (C=O) groups is 1. The van der Waals surface area contributed by atoms with Gasteiger partial charge in [0.25, 0.3) is 0 Å². The van der Waals surface area contributed by atoms with Crippen LogP contribution in [0.25, 0.3) is 0 Å². The Hall–Kier alpha value is -1.10. The molecule has 2 rings (SSSR count). The Morgan fingerprint density at radius 1 is 1.59 bits per heavy atom. The van der Waals surface area contributed by atoms with Gasteiger partial charge < -0.3 is 10.1 Å². The van der Waals surface area contributed by atoms with Crippen molar-refractivity contribution in [3.05, 3.63) is 10.6 Å². The molecule has 0 saturated heterocycles. The molecule has 17 heavy (non-hydrogen) atoms. The van der Waals surface area contributed by atoms with E-state index in [9.17, 15) is 4.79 Å². The number of hydrogen-bond acceptors (Lipinski definition) is 5. The van der Waals surface area contributed by atoms with Crippen molar-refractivity contribution in [2.75, 3.05) is 18.5 Å². The Kier molecular flexibility index (Phi) is 3.99. The Morgan fingerprint density at radius 3 is 3.00 bits per heavy atom. The Bertz CT molecular complexity index is 399. The summed E-state index contributed by atoms with van der Waals surface area (Å²) in [5, 5.41) is 4.10. The maximum atomic E-state index is 11.6. The third kappa shape index (κ3) is 3.43. The first-order chi connectivity index (χ1) is 8.20. The maximum Gasteiger partial charge on any atom is 0.358 e. The number of hydrogen-bond donors (Lipinski definition) is 1. The summed E-state index contributed by atoms with van der Waals surface area (Å²) in [4.78, 5) is 16.8. The number of aryl methyl sites for hydroxylation is 1. The van der Waals surface area contributed by atoms with E-state index in [1.54, 1.807) is 6.92 Å². The van der Waals surface area contributed by atoms with Crippen molar-refractivity contribution in [3.63, 3.8) is 0 Å². The van der Waals surface area contributed by atoms with Crippen LogP contribution in [0.5, 0.6) is 0 Å². The smallest absolute Gasteiger partial charge is 0.358 e. The molecule has 1 saturated carbocycles. The highest BCUT2D eigenvalue weighted by molar-refractivity contribution is 7.15. The number of esters is 1. The average molecular weight is 254 g/mol. The Balaban J connectivity index is 1.89. The molecule has 4 nitrogen and oxygen atoms in total. The van der Waals surface area contributed by atoms with Gasteiger partial charge in [-0.1, -0.05) is 12.8 Å². The lowest BCUT2D eigenvalue weighted by Gasteiger charge is -2.00. The van der Waals surface area contributed by atoms with Gasteiger partial charge >= 0.3 is 5.97 Å². The van der Waals surface area contributed by atoms with Crippen LogP contribution in [0.15, 0.2) is 0 Å². The molecule has 0 bridgehead atoms. The molecule has 0 aromatic carbocycles. The minimum absolute atomic E-state index is 0.323. The maximum absolute atomic E-state index is 11.6. The number of nitrogens with zero attached hydrogens (tertiary/aromatic N) is 1. The van der Waals surface area contributed by atoms with Crippen molar-refractivity contribution >= 4 is 22.4 Å². The van der Waals surface area contributed by atoms with Crippen molar-refractivity contribution in [2.45, 2.75) is 33.1 Å². The molecule has 1 aliphatic carbocycles. The van der Waals surface area contributed by atoms with E-state index in [1.165, 1.54) is 30.6 Å². The number of rotatable bonds is 6. The van der Waals surface area contributed by atoms with Gasteiger partial charge in [-0.15, -0.1) is 11.3 Å². The van der Waals surface area contributed by atoms with Crippen LogP contribution in [-0.2, 0) is 4.74 Å². The van der Waals surface area contributed by atoms with E-state index in [0.717, 1.165) is 22.5 Å². The summed E-state index contributed by atoms with van der Waals surface area (Å²) < 4.78 is 4.95. The van der Waals surface area contributed by atoms with Crippen LogP contribution in [0.1, 0.15) is 41.6 Å². The molecule has 1 fully saturated rings. The summed E-state index contributed by atoms with van der Waals surface area (Å²) >= 11 is 1.52. The zero-order valence-corrected chi connectivity index (χ0v) is 11.1. The van der Waals surface area contributed by atoms with Crippen LogP contribution >= 0.6 is 11.3 Å². The first-order valence-corrected chi connectivity index (χ1v) is 6.90. The molecule has 0 unspecified atom stereocenters. The summed E-state index contributed by atoms with van der Waals surface area (Å²) in [5.74, 6) is 0.588. The third-order valence-electron chi connectivity index (χ3n) is 2.79. The van der Waals surface area contributed by atoms with Crippen LogP contribution in [0, 0.1) is 12.8 Å². The molecule has 0 aliphatic heterocycles. The van der Waals surface area contributed by atoms with Crippen LogP contribution in [0.4, 0.5) is 5.13 Å². The molecule has 0 spiro atoms. The van der Waals surface area contributed by atoms with Crippen molar-refractivity contribution < 1.29 is 9.53 Å². The van der Waals surface area contributed by atoms with Crippen molar-refractivity contribution in [2.24, 2.45) is 5.92 Å². The molecule has 1 aromatic rings. The Labute approximate surface area is 105 Å². The lowest BCUT2D eigenvalue weighted by molar-refractivity contribution is 0.0519. The zero-order chi connectivity index (χ0) is 12.3. The summed E-state index contributed by atoms with van der Waals surface area (Å²) in [6, 6.07) is 0. The summed E-state index contributed by atoms with van der Waals surface area (Å²) in [7, 11) is 0. The molecule has 0 atom stereocenters. The van der Waals surface area contributed by atoms with Gasteiger partial charge in [0.05, 0.1) is 6.61 Å². The van der Waals surface area contributed by atoms with Gasteiger partial charge in [-0.25, -0.2) is 9.78 Å². The fraction of sp³-hybridized carbons (Fsp3) is 0.667. The van der Waals surface area contributed by atoms with E-state index in [4.69, 9.17) is 4.74 Å². The van der Waals surface area contributed by atoms with E-state index in [0.29, 0.717) is 12.3 Å². The second-order valence-corrected chi connectivity index (χ2v) is 5.51. The van der Waals surface area contributed by atoms with Gasteiger partial charge in [-0.05, 0) is 26.2 Å². The first kappa shape index (κ1) is 12.4. The van der Waals surface area contributed by atoms with Crippen molar-refractivity contribution in [3.8, 4) is 0 Å². The SMILES string of the molecule is CCOC(=O)c1nc(NCCC2CC2)sc1C. The fourth-order valence-electron chi connectivity index (χ4n) is 1.65. The van der Waals surface area contributed by atoms with Gasteiger partial charge in [0.2, 0.25) is 0 Å². The highest BCUT2D eigenvalue weighted by atomic mass is 32.1. The predicted octanol–water partition coefficient (Wildman–Crippen LogP) is 2.84. The molecule has 94 valence electrons. The zero-order valence-electron chi connectivity index (χ0n) is 10.3. The van der Waals surface area contributed by atoms with E-state index >= 15 is 0 Å². The highest BCUT2D eigenvalue weighted by Gasteiger charge is 2.21. The molecule has 5 heteroatoms. The second-order valence-electron chi connectivity index (χ2n) is 4.30. The van der Waals surface area contributed by atoms with Crippen molar-refractivity contribution in [1.29, 1.82) is 0 Å². The first-order valence-electron chi connectivity index (χ1n) is 6.09. The van der Waals surface area contributed by atoms with Gasteiger partial charge in [0.15, 0.2) is 10.8 Å². The van der Waals surface area contributed by atoms with Gasteiger partial charge in [0, 0.05) is 11.4 Å². The van der Waals surface area contributed by atoms with Crippen molar-refractivity contribution in [1.82, 2.24) is 4.98 Å². The molecule has 1 N–H and O–H groups in total. The fourth-order valence-corrected chi connectivity index (χ4v) is 2.48. The predicted molar refractivity (Wildman–Crippen MR) is 68.6 cm³/mol. The van der Waals surface area contributed by atoms with E-state index in [-0.39, 0.29) is 5.97 Å².